The first kappa shape index (κ1) is 16.6. The molecule has 0 unspecified atom stereocenters. The van der Waals surface area contributed by atoms with Gasteiger partial charge >= 0.3 is 0 Å². The molecule has 4 N–H and O–H groups in total. The Morgan fingerprint density at radius 3 is 1.40 bits per heavy atom. The second-order valence-electron chi connectivity index (χ2n) is 0.971. The van der Waals surface area contributed by atoms with Gasteiger partial charge in [-0.3, -0.25) is 0 Å². The van der Waals surface area contributed by atoms with E-state index < -0.39 is 0 Å². The van der Waals surface area contributed by atoms with Gasteiger partial charge in [0.2, 0.25) is 0 Å². The zero-order valence-electron chi connectivity index (χ0n) is 6.24. The number of rotatable bonds is 0. The van der Waals surface area contributed by atoms with Crippen molar-refractivity contribution in [3.8, 4) is 0 Å². The molecule has 0 aliphatic carbocycles. The van der Waals surface area contributed by atoms with Crippen molar-refractivity contribution >= 4 is 29.2 Å². The average molecular weight is 185 g/mol. The van der Waals surface area contributed by atoms with Gasteiger partial charge in [-0.2, -0.15) is 0 Å². The first-order valence-corrected chi connectivity index (χ1v) is 3.62. The Morgan fingerprint density at radius 1 is 1.40 bits per heavy atom. The Bertz CT molecular complexity index is 55.6. The molecule has 0 aromatic carbocycles. The number of hydrogen-bond acceptors (Lipinski definition) is 3. The van der Waals surface area contributed by atoms with Crippen LogP contribution in [0.5, 0.6) is 0 Å². The molecule has 5 heteroatoms. The Morgan fingerprint density at radius 2 is 1.40 bits per heavy atom. The van der Waals surface area contributed by atoms with Crippen LogP contribution in [0.3, 0.4) is 0 Å². The molecule has 0 saturated heterocycles. The summed E-state index contributed by atoms with van der Waals surface area (Å²) in [5, 5.41) is 15.1. The van der Waals surface area contributed by atoms with E-state index in [9.17, 15) is 0 Å². The normalized spacial score (nSPS) is 6.10. The molecule has 0 heterocycles. The smallest absolute Gasteiger partial charge is 0.128 e. The van der Waals surface area contributed by atoms with Crippen molar-refractivity contribution in [3.63, 3.8) is 0 Å². The molecule has 0 rings (SSSR count). The molecule has 0 bridgehead atoms. The predicted octanol–water partition coefficient (Wildman–Crippen LogP) is 0.157. The minimum atomic E-state index is 0.194. The van der Waals surface area contributed by atoms with Crippen LogP contribution in [-0.4, -0.2) is 27.7 Å². The van der Waals surface area contributed by atoms with Crippen LogP contribution in [0.15, 0.2) is 0 Å². The molecule has 0 radical (unpaired) electrons. The van der Waals surface area contributed by atoms with E-state index in [4.69, 9.17) is 15.9 Å². The number of hydrogen-bond donors (Lipinski definition) is 4. The maximum atomic E-state index is 7.57. The first-order chi connectivity index (χ1) is 4.56. The molecule has 64 valence electrons. The van der Waals surface area contributed by atoms with Gasteiger partial charge in [-0.05, 0) is 13.8 Å². The van der Waals surface area contributed by atoms with Crippen molar-refractivity contribution in [1.82, 2.24) is 0 Å². The van der Waals surface area contributed by atoms with Gasteiger partial charge in [0.15, 0.2) is 0 Å². The largest absolute Gasteiger partial charge is 0.397 e. The fraction of sp³-hybridized carbons (Fsp3) is 0.800. The first-order valence-electron chi connectivity index (χ1n) is 2.76. The Balaban J connectivity index is -0.0000000750. The van der Waals surface area contributed by atoms with E-state index >= 15 is 0 Å². The topological polar surface area (TPSA) is 66.5 Å². The van der Waals surface area contributed by atoms with Gasteiger partial charge in [-0.1, -0.05) is 12.2 Å². The Hall–Kier alpha value is 0.160. The summed E-state index contributed by atoms with van der Waals surface area (Å²) in [6, 6.07) is 0. The van der Waals surface area contributed by atoms with Crippen molar-refractivity contribution in [1.29, 1.82) is 0 Å². The van der Waals surface area contributed by atoms with Gasteiger partial charge in [-0.15, -0.1) is 12.6 Å². The third kappa shape index (κ3) is 16300. The lowest BCUT2D eigenvalue weighted by molar-refractivity contribution is 0.318. The summed E-state index contributed by atoms with van der Waals surface area (Å²) < 4.78 is 0.194. The maximum absolute atomic E-state index is 7.57. The standard InChI is InChI=1S/2C2H6O.CH3NS2/c2*1-2-3;2-1(3)4/h2*3H,2H2,1H3;(H3,2,3,4). The van der Waals surface area contributed by atoms with E-state index in [-0.39, 0.29) is 17.5 Å². The lowest BCUT2D eigenvalue weighted by atomic mass is 10.9. The van der Waals surface area contributed by atoms with Gasteiger partial charge < -0.3 is 15.9 Å². The van der Waals surface area contributed by atoms with E-state index in [2.05, 4.69) is 24.8 Å². The molecular weight excluding hydrogens is 170 g/mol. The second-order valence-corrected chi connectivity index (χ2v) is 2.19. The number of thiocarbonyl (C=S) groups is 1. The number of aliphatic hydroxyl groups is 2. The number of nitrogens with two attached hydrogens (primary N) is 1. The molecule has 0 fully saturated rings. The van der Waals surface area contributed by atoms with Gasteiger partial charge in [0.05, 0.1) is 0 Å². The van der Waals surface area contributed by atoms with Gasteiger partial charge in [-0.25, -0.2) is 0 Å². The molecule has 0 saturated carbocycles. The summed E-state index contributed by atoms with van der Waals surface area (Å²) in [5.41, 5.74) is 4.71. The second kappa shape index (κ2) is 22.9. The highest BCUT2D eigenvalue weighted by atomic mass is 32.1. The monoisotopic (exact) mass is 185 g/mol. The maximum Gasteiger partial charge on any atom is 0.128 e. The van der Waals surface area contributed by atoms with E-state index in [1.165, 1.54) is 0 Å². The third-order valence-corrected chi connectivity index (χ3v) is 0. The summed E-state index contributed by atoms with van der Waals surface area (Å²) in [6.45, 7) is 3.86. The van der Waals surface area contributed by atoms with Crippen LogP contribution >= 0.6 is 24.8 Å². The van der Waals surface area contributed by atoms with E-state index in [0.717, 1.165) is 0 Å². The molecule has 0 atom stereocenters. The van der Waals surface area contributed by atoms with Gasteiger partial charge in [0, 0.05) is 13.2 Å². The van der Waals surface area contributed by atoms with Crippen molar-refractivity contribution in [2.45, 2.75) is 13.8 Å². The lowest BCUT2D eigenvalue weighted by Crippen LogP contribution is -1.94. The zero-order chi connectivity index (χ0) is 8.99. The van der Waals surface area contributed by atoms with Crippen LogP contribution in [0, 0.1) is 0 Å². The summed E-state index contributed by atoms with van der Waals surface area (Å²) in [6.07, 6.45) is 0. The van der Waals surface area contributed by atoms with Crippen molar-refractivity contribution in [2.24, 2.45) is 5.73 Å². The molecule has 0 amide bonds. The van der Waals surface area contributed by atoms with Crippen molar-refractivity contribution < 1.29 is 10.2 Å². The molecular formula is C5H15NO2S2. The average Bonchev–Trinajstić information content (AvgIpc) is 1.65. The fourth-order valence-corrected chi connectivity index (χ4v) is 0. The highest BCUT2D eigenvalue weighted by Gasteiger charge is 1.55. The third-order valence-electron chi connectivity index (χ3n) is 0. The van der Waals surface area contributed by atoms with Crippen molar-refractivity contribution in [3.05, 3.63) is 0 Å². The van der Waals surface area contributed by atoms with Crippen molar-refractivity contribution in [2.75, 3.05) is 13.2 Å². The predicted molar refractivity (Wildman–Crippen MR) is 51.3 cm³/mol. The quantitative estimate of drug-likeness (QED) is 0.320. The van der Waals surface area contributed by atoms with E-state index in [0.29, 0.717) is 0 Å². The van der Waals surface area contributed by atoms with E-state index in [1.807, 2.05) is 0 Å². The highest BCUT2D eigenvalue weighted by molar-refractivity contribution is 8.10. The molecule has 0 aliphatic heterocycles. The SMILES string of the molecule is CCO.CCO.NC(=S)S. The fourth-order valence-electron chi connectivity index (χ4n) is 0. The van der Waals surface area contributed by atoms with Crippen LogP contribution in [0.25, 0.3) is 0 Å². The lowest BCUT2D eigenvalue weighted by Gasteiger charge is -1.64. The molecule has 0 aromatic rings. The van der Waals surface area contributed by atoms with Crippen LogP contribution < -0.4 is 5.73 Å². The minimum absolute atomic E-state index is 0.194. The zero-order valence-corrected chi connectivity index (χ0v) is 7.95. The number of thiol groups is 1. The van der Waals surface area contributed by atoms with Crippen LogP contribution in [-0.2, 0) is 0 Å². The van der Waals surface area contributed by atoms with E-state index in [1.54, 1.807) is 13.8 Å². The molecule has 10 heavy (non-hydrogen) atoms. The highest BCUT2D eigenvalue weighted by Crippen LogP contribution is 1.63. The van der Waals surface area contributed by atoms with Crippen LogP contribution in [0.1, 0.15) is 13.8 Å². The molecule has 0 aromatic heterocycles. The summed E-state index contributed by atoms with van der Waals surface area (Å²) in [7, 11) is 0. The molecule has 0 spiro atoms. The minimum Gasteiger partial charge on any atom is -0.397 e. The molecule has 0 aliphatic rings. The summed E-state index contributed by atoms with van der Waals surface area (Å²) in [5.74, 6) is 0. The summed E-state index contributed by atoms with van der Waals surface area (Å²) in [4.78, 5) is 0. The van der Waals surface area contributed by atoms with Crippen LogP contribution in [0.4, 0.5) is 0 Å². The summed E-state index contributed by atoms with van der Waals surface area (Å²) >= 11 is 7.65. The van der Waals surface area contributed by atoms with Crippen LogP contribution in [0.2, 0.25) is 0 Å². The molecule has 3 nitrogen and oxygen atoms in total. The Kier molecular flexibility index (Phi) is 38.1. The van der Waals surface area contributed by atoms with Gasteiger partial charge in [0.1, 0.15) is 4.32 Å². The van der Waals surface area contributed by atoms with Gasteiger partial charge in [0.25, 0.3) is 0 Å². The number of aliphatic hydroxyl groups excluding tert-OH is 2. The Labute approximate surface area is 72.7 Å².